The van der Waals surface area contributed by atoms with Gasteiger partial charge in [-0.3, -0.25) is 4.90 Å². The number of fused-ring (bicyclic) bond motifs is 2. The Balaban J connectivity index is 1.77. The molecule has 0 aromatic heterocycles. The highest BCUT2D eigenvalue weighted by atomic mass is 79.9. The zero-order chi connectivity index (χ0) is 12.7. The third kappa shape index (κ3) is 2.66. The Kier molecular flexibility index (Phi) is 3.79. The molecule has 0 amide bonds. The molecule has 0 saturated carbocycles. The van der Waals surface area contributed by atoms with Gasteiger partial charge in [0.1, 0.15) is 5.82 Å². The van der Waals surface area contributed by atoms with Crippen LogP contribution in [0.4, 0.5) is 4.39 Å². The number of alkyl halides is 1. The first-order valence-corrected chi connectivity index (χ1v) is 8.17. The zero-order valence-corrected chi connectivity index (χ0v) is 13.3. The van der Waals surface area contributed by atoms with Crippen LogP contribution in [0.15, 0.2) is 22.7 Å². The summed E-state index contributed by atoms with van der Waals surface area (Å²) in [4.78, 5) is 3.24. The summed E-state index contributed by atoms with van der Waals surface area (Å²) in [5, 5.41) is 0. The minimum absolute atomic E-state index is 0.151. The molecule has 2 aliphatic rings. The minimum Gasteiger partial charge on any atom is -0.293 e. The lowest BCUT2D eigenvalue weighted by atomic mass is 10.0. The van der Waals surface area contributed by atoms with Gasteiger partial charge in [-0.2, -0.15) is 0 Å². The maximum atomic E-state index is 13.4. The van der Waals surface area contributed by atoms with Gasteiger partial charge in [0, 0.05) is 27.9 Å². The molecule has 2 fully saturated rings. The van der Waals surface area contributed by atoms with Gasteiger partial charge < -0.3 is 0 Å². The lowest BCUT2D eigenvalue weighted by Crippen LogP contribution is -2.42. The SMILES string of the molecule is Fc1cc(Br)cc(CN2C3CCC2CC(Br)C3)c1. The number of hydrogen-bond acceptors (Lipinski definition) is 1. The largest absolute Gasteiger partial charge is 0.293 e. The first kappa shape index (κ1) is 13.1. The molecule has 2 aliphatic heterocycles. The molecule has 2 heterocycles. The smallest absolute Gasteiger partial charge is 0.124 e. The molecule has 1 aromatic carbocycles. The standard InChI is InChI=1S/C14H16Br2FN/c15-10-3-9(4-12(17)5-10)8-18-13-1-2-14(18)7-11(16)6-13/h3-5,11,13-14H,1-2,6-8H2. The summed E-state index contributed by atoms with van der Waals surface area (Å²) in [6, 6.07) is 6.56. The first-order valence-electron chi connectivity index (χ1n) is 6.46. The van der Waals surface area contributed by atoms with Gasteiger partial charge in [-0.1, -0.05) is 31.9 Å². The van der Waals surface area contributed by atoms with Crippen molar-refractivity contribution in [1.29, 1.82) is 0 Å². The van der Waals surface area contributed by atoms with E-state index in [1.54, 1.807) is 6.07 Å². The normalized spacial score (nSPS) is 31.8. The monoisotopic (exact) mass is 375 g/mol. The number of nitrogens with zero attached hydrogens (tertiary/aromatic N) is 1. The molecule has 4 heteroatoms. The molecular weight excluding hydrogens is 361 g/mol. The molecule has 0 N–H and O–H groups in total. The van der Waals surface area contributed by atoms with Crippen LogP contribution in [-0.2, 0) is 6.54 Å². The van der Waals surface area contributed by atoms with Gasteiger partial charge in [0.15, 0.2) is 0 Å². The second kappa shape index (κ2) is 5.22. The van der Waals surface area contributed by atoms with Gasteiger partial charge in [-0.25, -0.2) is 4.39 Å². The summed E-state index contributed by atoms with van der Waals surface area (Å²) in [7, 11) is 0. The van der Waals surface area contributed by atoms with Crippen molar-refractivity contribution in [1.82, 2.24) is 4.90 Å². The average molecular weight is 377 g/mol. The van der Waals surface area contributed by atoms with Crippen LogP contribution in [0.5, 0.6) is 0 Å². The summed E-state index contributed by atoms with van der Waals surface area (Å²) in [5.41, 5.74) is 1.08. The van der Waals surface area contributed by atoms with E-state index < -0.39 is 0 Å². The molecule has 0 radical (unpaired) electrons. The van der Waals surface area contributed by atoms with Crippen LogP contribution < -0.4 is 0 Å². The summed E-state index contributed by atoms with van der Waals surface area (Å²) in [5.74, 6) is -0.151. The van der Waals surface area contributed by atoms with Gasteiger partial charge in [0.25, 0.3) is 0 Å². The maximum Gasteiger partial charge on any atom is 0.124 e. The Morgan fingerprint density at radius 2 is 1.83 bits per heavy atom. The van der Waals surface area contributed by atoms with Gasteiger partial charge in [-0.15, -0.1) is 0 Å². The van der Waals surface area contributed by atoms with Crippen LogP contribution in [0.25, 0.3) is 0 Å². The molecule has 0 spiro atoms. The maximum absolute atomic E-state index is 13.4. The van der Waals surface area contributed by atoms with E-state index in [1.165, 1.54) is 31.7 Å². The quantitative estimate of drug-likeness (QED) is 0.688. The van der Waals surface area contributed by atoms with Gasteiger partial charge in [0.2, 0.25) is 0 Å². The van der Waals surface area contributed by atoms with Crippen LogP contribution in [-0.4, -0.2) is 21.8 Å². The fraction of sp³-hybridized carbons (Fsp3) is 0.571. The highest BCUT2D eigenvalue weighted by Crippen LogP contribution is 2.39. The molecule has 2 bridgehead atoms. The Morgan fingerprint density at radius 1 is 1.17 bits per heavy atom. The first-order chi connectivity index (χ1) is 8.61. The molecule has 3 rings (SSSR count). The Labute approximate surface area is 124 Å². The fourth-order valence-corrected chi connectivity index (χ4v) is 4.75. The highest BCUT2D eigenvalue weighted by Gasteiger charge is 2.39. The lowest BCUT2D eigenvalue weighted by molar-refractivity contribution is 0.137. The number of benzene rings is 1. The second-order valence-electron chi connectivity index (χ2n) is 5.40. The number of halogens is 3. The van der Waals surface area contributed by atoms with Crippen molar-refractivity contribution in [2.45, 2.75) is 49.1 Å². The average Bonchev–Trinajstić information content (AvgIpc) is 2.53. The lowest BCUT2D eigenvalue weighted by Gasteiger charge is -2.37. The third-order valence-corrected chi connectivity index (χ3v) is 5.32. The molecule has 2 saturated heterocycles. The van der Waals surface area contributed by atoms with Crippen LogP contribution in [0.3, 0.4) is 0 Å². The van der Waals surface area contributed by atoms with E-state index in [0.717, 1.165) is 16.6 Å². The van der Waals surface area contributed by atoms with E-state index in [4.69, 9.17) is 0 Å². The van der Waals surface area contributed by atoms with Crippen molar-refractivity contribution >= 4 is 31.9 Å². The molecule has 0 aliphatic carbocycles. The second-order valence-corrected chi connectivity index (χ2v) is 7.61. The van der Waals surface area contributed by atoms with Crippen LogP contribution >= 0.6 is 31.9 Å². The summed E-state index contributed by atoms with van der Waals surface area (Å²) < 4.78 is 14.2. The van der Waals surface area contributed by atoms with E-state index in [1.807, 2.05) is 6.07 Å². The summed E-state index contributed by atoms with van der Waals surface area (Å²) in [6.45, 7) is 0.880. The molecule has 2 atom stereocenters. The third-order valence-electron chi connectivity index (χ3n) is 4.11. The molecule has 18 heavy (non-hydrogen) atoms. The molecular formula is C14H16Br2FN. The minimum atomic E-state index is -0.151. The van der Waals surface area contributed by atoms with Crippen molar-refractivity contribution in [2.24, 2.45) is 0 Å². The van der Waals surface area contributed by atoms with Gasteiger partial charge in [0.05, 0.1) is 0 Å². The van der Waals surface area contributed by atoms with Crippen LogP contribution in [0.1, 0.15) is 31.2 Å². The van der Waals surface area contributed by atoms with Crippen molar-refractivity contribution in [3.8, 4) is 0 Å². The van der Waals surface area contributed by atoms with E-state index in [9.17, 15) is 4.39 Å². The van der Waals surface area contributed by atoms with E-state index in [-0.39, 0.29) is 5.82 Å². The van der Waals surface area contributed by atoms with E-state index in [2.05, 4.69) is 36.8 Å². The highest BCUT2D eigenvalue weighted by molar-refractivity contribution is 9.10. The van der Waals surface area contributed by atoms with Gasteiger partial charge in [-0.05, 0) is 49.4 Å². The fourth-order valence-electron chi connectivity index (χ4n) is 3.38. The van der Waals surface area contributed by atoms with Crippen molar-refractivity contribution < 1.29 is 4.39 Å². The zero-order valence-electron chi connectivity index (χ0n) is 10.1. The van der Waals surface area contributed by atoms with Crippen LogP contribution in [0, 0.1) is 5.82 Å². The summed E-state index contributed by atoms with van der Waals surface area (Å²) in [6.07, 6.45) is 5.05. The number of hydrogen-bond donors (Lipinski definition) is 0. The van der Waals surface area contributed by atoms with Crippen molar-refractivity contribution in [3.05, 3.63) is 34.1 Å². The van der Waals surface area contributed by atoms with E-state index in [0.29, 0.717) is 16.9 Å². The summed E-state index contributed by atoms with van der Waals surface area (Å²) >= 11 is 7.12. The van der Waals surface area contributed by atoms with E-state index >= 15 is 0 Å². The Bertz CT molecular complexity index is 417. The molecule has 98 valence electrons. The van der Waals surface area contributed by atoms with Crippen LogP contribution in [0.2, 0.25) is 0 Å². The number of rotatable bonds is 2. The predicted octanol–water partition coefficient (Wildman–Crippen LogP) is 4.48. The Hall–Kier alpha value is 0.0700. The molecule has 2 unspecified atom stereocenters. The number of piperidine rings is 1. The predicted molar refractivity (Wildman–Crippen MR) is 78.4 cm³/mol. The van der Waals surface area contributed by atoms with Crippen molar-refractivity contribution in [2.75, 3.05) is 0 Å². The van der Waals surface area contributed by atoms with Crippen molar-refractivity contribution in [3.63, 3.8) is 0 Å². The molecule has 1 aromatic rings. The Morgan fingerprint density at radius 3 is 2.44 bits per heavy atom. The topological polar surface area (TPSA) is 3.24 Å². The molecule has 1 nitrogen and oxygen atoms in total. The van der Waals surface area contributed by atoms with Gasteiger partial charge >= 0.3 is 0 Å².